The summed E-state index contributed by atoms with van der Waals surface area (Å²) in [6.45, 7) is 0. The van der Waals surface area contributed by atoms with Crippen molar-refractivity contribution >= 4 is 46.7 Å². The van der Waals surface area contributed by atoms with Gasteiger partial charge in [0.2, 0.25) is 0 Å². The van der Waals surface area contributed by atoms with Gasteiger partial charge in [-0.2, -0.15) is 5.26 Å². The van der Waals surface area contributed by atoms with Crippen LogP contribution in [0.1, 0.15) is 4.88 Å². The molecule has 17 heavy (non-hydrogen) atoms. The van der Waals surface area contributed by atoms with Crippen LogP contribution in [0.25, 0.3) is 6.08 Å². The van der Waals surface area contributed by atoms with Gasteiger partial charge in [0, 0.05) is 16.4 Å². The lowest BCUT2D eigenvalue weighted by Gasteiger charge is -1.96. The van der Waals surface area contributed by atoms with Crippen molar-refractivity contribution in [3.63, 3.8) is 0 Å². The molecule has 1 aliphatic rings. The third-order valence-corrected chi connectivity index (χ3v) is 5.61. The highest BCUT2D eigenvalue weighted by Crippen LogP contribution is 2.38. The van der Waals surface area contributed by atoms with Gasteiger partial charge in [-0.05, 0) is 23.6 Å². The van der Waals surface area contributed by atoms with Crippen LogP contribution in [0, 0.1) is 11.3 Å². The lowest BCUT2D eigenvalue weighted by molar-refractivity contribution is -0.110. The van der Waals surface area contributed by atoms with Gasteiger partial charge in [-0.25, -0.2) is 0 Å². The predicted octanol–water partition coefficient (Wildman–Crippen LogP) is 3.55. The highest BCUT2D eigenvalue weighted by molar-refractivity contribution is 8.25. The molecule has 0 unspecified atom stereocenters. The third kappa shape index (κ3) is 3.25. The summed E-state index contributed by atoms with van der Waals surface area (Å²) in [5.41, 5.74) is 0.283. The zero-order valence-corrected chi connectivity index (χ0v) is 11.3. The molecular formula is C12H9NOS3. The van der Waals surface area contributed by atoms with E-state index in [-0.39, 0.29) is 11.4 Å². The average Bonchev–Trinajstić information content (AvgIpc) is 3.00. The highest BCUT2D eigenvalue weighted by atomic mass is 32.2. The minimum Gasteiger partial charge on any atom is -0.288 e. The summed E-state index contributed by atoms with van der Waals surface area (Å²) < 4.78 is 0.869. The number of hydrogen-bond acceptors (Lipinski definition) is 5. The molecule has 0 N–H and O–H groups in total. The Morgan fingerprint density at radius 2 is 2.18 bits per heavy atom. The van der Waals surface area contributed by atoms with E-state index < -0.39 is 0 Å². The second kappa shape index (κ2) is 6.10. The summed E-state index contributed by atoms with van der Waals surface area (Å²) in [5.74, 6) is 1.76. The normalized spacial score (nSPS) is 15.1. The molecule has 1 aliphatic heterocycles. The van der Waals surface area contributed by atoms with Crippen molar-refractivity contribution in [1.29, 1.82) is 5.26 Å². The van der Waals surface area contributed by atoms with Crippen LogP contribution >= 0.6 is 34.9 Å². The van der Waals surface area contributed by atoms with E-state index in [1.165, 1.54) is 6.08 Å². The number of thiophene rings is 1. The number of thioether (sulfide) groups is 2. The molecule has 0 aromatic carbocycles. The number of carbonyl (C=O) groups excluding carboxylic acids is 1. The Kier molecular flexibility index (Phi) is 4.49. The highest BCUT2D eigenvalue weighted by Gasteiger charge is 2.18. The minimum atomic E-state index is -0.196. The van der Waals surface area contributed by atoms with Crippen LogP contribution < -0.4 is 0 Å². The minimum absolute atomic E-state index is 0.196. The fraction of sp³-hybridized carbons (Fsp3) is 0.167. The molecule has 0 aliphatic carbocycles. The first-order valence-electron chi connectivity index (χ1n) is 4.97. The Hall–Kier alpha value is -0.960. The summed E-state index contributed by atoms with van der Waals surface area (Å²) >= 11 is 4.76. The van der Waals surface area contributed by atoms with Gasteiger partial charge < -0.3 is 0 Å². The Balaban J connectivity index is 2.14. The van der Waals surface area contributed by atoms with Crippen molar-refractivity contribution in [1.82, 2.24) is 0 Å². The van der Waals surface area contributed by atoms with Gasteiger partial charge in [0.25, 0.3) is 0 Å². The smallest absolute Gasteiger partial charge is 0.198 e. The number of nitrogens with zero attached hydrogens (tertiary/aromatic N) is 1. The van der Waals surface area contributed by atoms with Crippen molar-refractivity contribution < 1.29 is 4.79 Å². The Morgan fingerprint density at radius 3 is 2.76 bits per heavy atom. The maximum Gasteiger partial charge on any atom is 0.198 e. The molecule has 0 radical (unpaired) electrons. The Bertz CT molecular complexity index is 500. The van der Waals surface area contributed by atoms with E-state index in [1.54, 1.807) is 40.9 Å². The molecule has 0 spiro atoms. The molecule has 0 amide bonds. The summed E-state index contributed by atoms with van der Waals surface area (Å²) in [5, 5.41) is 11.0. The van der Waals surface area contributed by atoms with Crippen molar-refractivity contribution in [2.75, 3.05) is 11.5 Å². The van der Waals surface area contributed by atoms with Gasteiger partial charge in [-0.15, -0.1) is 34.9 Å². The lowest BCUT2D eigenvalue weighted by Crippen LogP contribution is -1.97. The Morgan fingerprint density at radius 1 is 1.41 bits per heavy atom. The molecule has 2 nitrogen and oxygen atoms in total. The monoisotopic (exact) mass is 279 g/mol. The molecule has 86 valence electrons. The summed E-state index contributed by atoms with van der Waals surface area (Å²) in [6, 6.07) is 5.88. The van der Waals surface area contributed by atoms with Crippen LogP contribution in [0.2, 0.25) is 0 Å². The van der Waals surface area contributed by atoms with Crippen molar-refractivity contribution in [2.45, 2.75) is 0 Å². The van der Waals surface area contributed by atoms with E-state index >= 15 is 0 Å². The van der Waals surface area contributed by atoms with Gasteiger partial charge >= 0.3 is 0 Å². The molecule has 2 heterocycles. The molecular weight excluding hydrogens is 270 g/mol. The molecule has 0 saturated carbocycles. The van der Waals surface area contributed by atoms with Crippen LogP contribution in [0.4, 0.5) is 0 Å². The fourth-order valence-electron chi connectivity index (χ4n) is 1.28. The first-order chi connectivity index (χ1) is 8.31. The first-order valence-corrected chi connectivity index (χ1v) is 7.82. The van der Waals surface area contributed by atoms with Crippen LogP contribution in [0.3, 0.4) is 0 Å². The number of allylic oxidation sites excluding steroid dienone is 2. The molecule has 5 heteroatoms. The molecule has 1 fully saturated rings. The van der Waals surface area contributed by atoms with Gasteiger partial charge in [0.05, 0.1) is 4.24 Å². The van der Waals surface area contributed by atoms with Gasteiger partial charge in [0.15, 0.2) is 5.78 Å². The zero-order chi connectivity index (χ0) is 12.1. The van der Waals surface area contributed by atoms with Crippen LogP contribution in [0.15, 0.2) is 33.4 Å². The van der Waals surface area contributed by atoms with E-state index in [2.05, 4.69) is 0 Å². The van der Waals surface area contributed by atoms with Crippen molar-refractivity contribution in [3.8, 4) is 6.07 Å². The van der Waals surface area contributed by atoms with Crippen molar-refractivity contribution in [3.05, 3.63) is 38.3 Å². The Labute approximate surface area is 112 Å². The van der Waals surface area contributed by atoms with Crippen molar-refractivity contribution in [2.24, 2.45) is 0 Å². The predicted molar refractivity (Wildman–Crippen MR) is 75.9 cm³/mol. The van der Waals surface area contributed by atoms with Gasteiger partial charge in [-0.3, -0.25) is 4.79 Å². The third-order valence-electron chi connectivity index (χ3n) is 2.05. The molecule has 1 aromatic rings. The number of carbonyl (C=O) groups is 1. The molecule has 1 aromatic heterocycles. The van der Waals surface area contributed by atoms with E-state index in [9.17, 15) is 4.79 Å². The zero-order valence-electron chi connectivity index (χ0n) is 8.88. The number of ketones is 1. The van der Waals surface area contributed by atoms with E-state index in [1.807, 2.05) is 23.6 Å². The second-order valence-corrected chi connectivity index (χ2v) is 6.63. The lowest BCUT2D eigenvalue weighted by atomic mass is 10.2. The maximum atomic E-state index is 11.9. The largest absolute Gasteiger partial charge is 0.288 e. The SMILES string of the molecule is N#CC(C(=O)/C=C/c1cccs1)=C1SCCS1. The van der Waals surface area contributed by atoms with E-state index in [4.69, 9.17) is 5.26 Å². The first kappa shape index (κ1) is 12.5. The van der Waals surface area contributed by atoms with E-state index in [0.717, 1.165) is 20.6 Å². The topological polar surface area (TPSA) is 40.9 Å². The number of rotatable bonds is 3. The summed E-state index contributed by atoms with van der Waals surface area (Å²) in [7, 11) is 0. The van der Waals surface area contributed by atoms with Gasteiger partial charge in [0.1, 0.15) is 11.6 Å². The molecule has 0 atom stereocenters. The van der Waals surface area contributed by atoms with E-state index in [0.29, 0.717) is 0 Å². The summed E-state index contributed by atoms with van der Waals surface area (Å²) in [6.07, 6.45) is 3.24. The average molecular weight is 279 g/mol. The number of nitriles is 1. The van der Waals surface area contributed by atoms with Crippen LogP contribution in [-0.2, 0) is 4.79 Å². The summed E-state index contributed by atoms with van der Waals surface area (Å²) in [4.78, 5) is 12.9. The second-order valence-electron chi connectivity index (χ2n) is 3.18. The molecule has 2 rings (SSSR count). The maximum absolute atomic E-state index is 11.9. The number of hydrogen-bond donors (Lipinski definition) is 0. The van der Waals surface area contributed by atoms with Crippen LogP contribution in [0.5, 0.6) is 0 Å². The fourth-order valence-corrected chi connectivity index (χ4v) is 4.35. The van der Waals surface area contributed by atoms with Crippen LogP contribution in [-0.4, -0.2) is 17.3 Å². The molecule has 1 saturated heterocycles. The quantitative estimate of drug-likeness (QED) is 0.627. The van der Waals surface area contributed by atoms with Gasteiger partial charge in [-0.1, -0.05) is 6.07 Å². The molecule has 0 bridgehead atoms. The standard InChI is InChI=1S/C12H9NOS3/c13-8-10(12-16-6-7-17-12)11(14)4-3-9-2-1-5-15-9/h1-5H,6-7H2/b4-3+.